The summed E-state index contributed by atoms with van der Waals surface area (Å²) in [6.07, 6.45) is 4.38. The third kappa shape index (κ3) is 8.88. The molecule has 7 nitrogen and oxygen atoms in total. The van der Waals surface area contributed by atoms with E-state index in [2.05, 4.69) is 4.72 Å². The highest BCUT2D eigenvalue weighted by Gasteiger charge is 2.44. The van der Waals surface area contributed by atoms with Crippen LogP contribution in [0.5, 0.6) is 0 Å². The normalized spacial score (nSPS) is 22.2. The Bertz CT molecular complexity index is 584. The van der Waals surface area contributed by atoms with Gasteiger partial charge in [0.1, 0.15) is 0 Å². The van der Waals surface area contributed by atoms with Crippen LogP contribution in [-0.2, 0) is 14.8 Å². The molecular formula is C20H40N2O5S. The van der Waals surface area contributed by atoms with E-state index in [4.69, 9.17) is 4.74 Å². The van der Waals surface area contributed by atoms with Crippen molar-refractivity contribution in [3.8, 4) is 0 Å². The highest BCUT2D eigenvalue weighted by molar-refractivity contribution is 7.92. The Morgan fingerprint density at radius 1 is 1.18 bits per heavy atom. The van der Waals surface area contributed by atoms with Crippen molar-refractivity contribution in [2.24, 2.45) is 5.92 Å². The molecule has 166 valence electrons. The smallest absolute Gasteiger partial charge is 0.233 e. The first kappa shape index (κ1) is 25.5. The predicted molar refractivity (Wildman–Crippen MR) is 112 cm³/mol. The SMILES string of the molecule is CC(C)NS(=O)(=O)C=CC(O)CCCCOCC1CC(C)(C)N(O)C(C)(C)C1. The average molecular weight is 421 g/mol. The monoisotopic (exact) mass is 420 g/mol. The first-order valence-electron chi connectivity index (χ1n) is 10.2. The largest absolute Gasteiger partial charge is 0.389 e. The van der Waals surface area contributed by atoms with Crippen molar-refractivity contribution in [1.29, 1.82) is 0 Å². The van der Waals surface area contributed by atoms with E-state index in [-0.39, 0.29) is 17.1 Å². The lowest BCUT2D eigenvalue weighted by atomic mass is 9.75. The van der Waals surface area contributed by atoms with Crippen molar-refractivity contribution in [1.82, 2.24) is 9.79 Å². The van der Waals surface area contributed by atoms with Gasteiger partial charge in [-0.1, -0.05) is 0 Å². The number of aliphatic hydroxyl groups is 1. The molecule has 1 heterocycles. The molecule has 0 radical (unpaired) electrons. The van der Waals surface area contributed by atoms with Crippen molar-refractivity contribution in [2.75, 3.05) is 13.2 Å². The quantitative estimate of drug-likeness (QED) is 0.444. The van der Waals surface area contributed by atoms with Crippen LogP contribution in [0, 0.1) is 5.92 Å². The standard InChI is InChI=1S/C20H40N2O5S/c1-16(2)21-28(25,26)12-10-18(23)9-7-8-11-27-15-17-13-19(3,4)22(24)20(5,6)14-17/h10,12,16-18,21,23-24H,7-9,11,13-15H2,1-6H3. The third-order valence-corrected chi connectivity index (χ3v) is 6.31. The van der Waals surface area contributed by atoms with E-state index in [1.54, 1.807) is 13.8 Å². The highest BCUT2D eigenvalue weighted by Crippen LogP contribution is 2.39. The van der Waals surface area contributed by atoms with E-state index >= 15 is 0 Å². The van der Waals surface area contributed by atoms with Crippen molar-refractivity contribution in [3.63, 3.8) is 0 Å². The summed E-state index contributed by atoms with van der Waals surface area (Å²) in [5.74, 6) is 0.403. The molecule has 1 aliphatic heterocycles. The summed E-state index contributed by atoms with van der Waals surface area (Å²) < 4.78 is 31.6. The van der Waals surface area contributed by atoms with Gasteiger partial charge in [-0.25, -0.2) is 13.1 Å². The number of nitrogens with one attached hydrogen (secondary N) is 1. The summed E-state index contributed by atoms with van der Waals surface area (Å²) in [6.45, 7) is 13.0. The fraction of sp³-hybridized carbons (Fsp3) is 0.900. The summed E-state index contributed by atoms with van der Waals surface area (Å²) in [4.78, 5) is 0. The maximum absolute atomic E-state index is 11.7. The van der Waals surface area contributed by atoms with Crippen molar-refractivity contribution in [3.05, 3.63) is 11.5 Å². The molecule has 3 N–H and O–H groups in total. The van der Waals surface area contributed by atoms with E-state index in [0.29, 0.717) is 25.6 Å². The lowest BCUT2D eigenvalue weighted by molar-refractivity contribution is -0.253. The lowest BCUT2D eigenvalue weighted by Crippen LogP contribution is -2.59. The zero-order valence-corrected chi connectivity index (χ0v) is 19.1. The molecule has 1 unspecified atom stereocenters. The Morgan fingerprint density at radius 2 is 1.75 bits per heavy atom. The number of unbranched alkanes of at least 4 members (excludes halogenated alkanes) is 1. The summed E-state index contributed by atoms with van der Waals surface area (Å²) >= 11 is 0. The molecular weight excluding hydrogens is 380 g/mol. The van der Waals surface area contributed by atoms with Gasteiger partial charge in [-0.2, -0.15) is 5.06 Å². The summed E-state index contributed by atoms with van der Waals surface area (Å²) in [7, 11) is -3.49. The van der Waals surface area contributed by atoms with Gasteiger partial charge in [-0.3, -0.25) is 0 Å². The second-order valence-corrected chi connectivity index (χ2v) is 11.1. The summed E-state index contributed by atoms with van der Waals surface area (Å²) in [5.41, 5.74) is -0.534. The molecule has 0 saturated carbocycles. The van der Waals surface area contributed by atoms with Crippen LogP contribution in [0.3, 0.4) is 0 Å². The van der Waals surface area contributed by atoms with Crippen LogP contribution in [0.15, 0.2) is 11.5 Å². The van der Waals surface area contributed by atoms with Crippen molar-refractivity contribution in [2.45, 2.75) is 96.9 Å². The number of hydroxylamine groups is 2. The number of piperidine rings is 1. The van der Waals surface area contributed by atoms with Crippen LogP contribution in [0.25, 0.3) is 0 Å². The molecule has 0 bridgehead atoms. The number of ether oxygens (including phenoxy) is 1. The first-order valence-corrected chi connectivity index (χ1v) is 11.8. The van der Waals surface area contributed by atoms with Crippen LogP contribution in [0.1, 0.15) is 73.6 Å². The van der Waals surface area contributed by atoms with Crippen LogP contribution in [0.4, 0.5) is 0 Å². The molecule has 1 atom stereocenters. The van der Waals surface area contributed by atoms with Crippen LogP contribution in [0.2, 0.25) is 0 Å². The molecule has 1 rings (SSSR count). The number of aliphatic hydroxyl groups excluding tert-OH is 1. The number of nitrogens with zero attached hydrogens (tertiary/aromatic N) is 1. The molecule has 0 spiro atoms. The Kier molecular flexibility index (Phi) is 9.57. The second-order valence-electron chi connectivity index (χ2n) is 9.50. The minimum Gasteiger partial charge on any atom is -0.389 e. The maximum atomic E-state index is 11.7. The van der Waals surface area contributed by atoms with Gasteiger partial charge in [0.05, 0.1) is 6.10 Å². The molecule has 0 aliphatic carbocycles. The first-order chi connectivity index (χ1) is 12.8. The number of sulfonamides is 1. The van der Waals surface area contributed by atoms with Crippen LogP contribution < -0.4 is 4.72 Å². The Labute approximate surface area is 171 Å². The van der Waals surface area contributed by atoms with Gasteiger partial charge >= 0.3 is 0 Å². The number of hydrogen-bond acceptors (Lipinski definition) is 6. The molecule has 1 aliphatic rings. The fourth-order valence-electron chi connectivity index (χ4n) is 4.06. The van der Waals surface area contributed by atoms with Gasteiger partial charge in [0, 0.05) is 35.7 Å². The Hall–Kier alpha value is -0.510. The predicted octanol–water partition coefficient (Wildman–Crippen LogP) is 3.03. The van der Waals surface area contributed by atoms with E-state index in [1.807, 2.05) is 27.7 Å². The average Bonchev–Trinajstić information content (AvgIpc) is 2.52. The molecule has 0 aromatic rings. The third-order valence-electron chi connectivity index (χ3n) is 5.00. The summed E-state index contributed by atoms with van der Waals surface area (Å²) in [5, 5.41) is 22.7. The van der Waals surface area contributed by atoms with E-state index < -0.39 is 16.1 Å². The van der Waals surface area contributed by atoms with Gasteiger partial charge in [0.2, 0.25) is 10.0 Å². The Morgan fingerprint density at radius 3 is 2.29 bits per heavy atom. The molecule has 0 aromatic heterocycles. The minimum atomic E-state index is -3.49. The molecule has 0 amide bonds. The van der Waals surface area contributed by atoms with Gasteiger partial charge in [-0.05, 0) is 85.6 Å². The van der Waals surface area contributed by atoms with Crippen molar-refractivity contribution < 1.29 is 23.5 Å². The number of hydrogen-bond donors (Lipinski definition) is 3. The topological polar surface area (TPSA) is 99.1 Å². The minimum absolute atomic E-state index is 0.176. The van der Waals surface area contributed by atoms with Gasteiger partial charge < -0.3 is 15.1 Å². The van der Waals surface area contributed by atoms with Gasteiger partial charge in [0.25, 0.3) is 0 Å². The second kappa shape index (κ2) is 10.5. The zero-order chi connectivity index (χ0) is 21.6. The summed E-state index contributed by atoms with van der Waals surface area (Å²) in [6, 6.07) is -0.176. The Balaban J connectivity index is 2.24. The van der Waals surface area contributed by atoms with E-state index in [9.17, 15) is 18.7 Å². The molecule has 1 fully saturated rings. The lowest BCUT2D eigenvalue weighted by Gasteiger charge is -2.51. The van der Waals surface area contributed by atoms with Crippen molar-refractivity contribution >= 4 is 10.0 Å². The number of rotatable bonds is 11. The fourth-order valence-corrected chi connectivity index (χ4v) is 5.18. The van der Waals surface area contributed by atoms with Gasteiger partial charge in [0.15, 0.2) is 0 Å². The molecule has 8 heteroatoms. The molecule has 0 aromatic carbocycles. The maximum Gasteiger partial charge on any atom is 0.233 e. The highest BCUT2D eigenvalue weighted by atomic mass is 32.2. The van der Waals surface area contributed by atoms with Gasteiger partial charge in [-0.15, -0.1) is 0 Å². The van der Waals surface area contributed by atoms with E-state index in [0.717, 1.165) is 31.1 Å². The zero-order valence-electron chi connectivity index (χ0n) is 18.3. The van der Waals surface area contributed by atoms with Crippen LogP contribution >= 0.6 is 0 Å². The van der Waals surface area contributed by atoms with Crippen LogP contribution in [-0.4, -0.2) is 60.2 Å². The molecule has 28 heavy (non-hydrogen) atoms. The van der Waals surface area contributed by atoms with E-state index in [1.165, 1.54) is 11.1 Å². The molecule has 1 saturated heterocycles.